The van der Waals surface area contributed by atoms with Crippen molar-refractivity contribution in [2.45, 2.75) is 12.5 Å². The van der Waals surface area contributed by atoms with Crippen LogP contribution in [0.3, 0.4) is 0 Å². The number of nitrogens with one attached hydrogen (secondary N) is 1. The van der Waals surface area contributed by atoms with Crippen LogP contribution in [0.1, 0.15) is 6.42 Å². The molecule has 1 aliphatic heterocycles. The van der Waals surface area contributed by atoms with Gasteiger partial charge in [-0.05, 0) is 6.42 Å². The van der Waals surface area contributed by atoms with Crippen LogP contribution in [0.2, 0.25) is 0 Å². The maximum absolute atomic E-state index is 11.1. The van der Waals surface area contributed by atoms with Gasteiger partial charge in [-0.2, -0.15) is 0 Å². The quantitative estimate of drug-likeness (QED) is 0.636. The van der Waals surface area contributed by atoms with Crippen molar-refractivity contribution in [2.75, 3.05) is 5.75 Å². The zero-order chi connectivity index (χ0) is 10.6. The molecule has 1 heterocycles. The predicted molar refractivity (Wildman–Crippen MR) is 50.8 cm³/mol. The first-order valence-electron chi connectivity index (χ1n) is 3.98. The molecular formula is C8H9NO4S. The summed E-state index contributed by atoms with van der Waals surface area (Å²) in [4.78, 5) is 32.1. The summed E-state index contributed by atoms with van der Waals surface area (Å²) in [6.45, 7) is 0. The second-order valence-corrected chi connectivity index (χ2v) is 3.79. The van der Waals surface area contributed by atoms with Gasteiger partial charge in [0.1, 0.15) is 0 Å². The molecule has 1 rings (SSSR count). The van der Waals surface area contributed by atoms with Gasteiger partial charge in [0.25, 0.3) is 0 Å². The number of amides is 1. The van der Waals surface area contributed by atoms with E-state index in [-0.39, 0.29) is 5.12 Å². The third kappa shape index (κ3) is 3.21. The van der Waals surface area contributed by atoms with Crippen molar-refractivity contribution in [1.29, 1.82) is 0 Å². The number of thioether (sulfide) groups is 1. The van der Waals surface area contributed by atoms with Crippen LogP contribution in [0.5, 0.6) is 0 Å². The topological polar surface area (TPSA) is 83.5 Å². The van der Waals surface area contributed by atoms with Gasteiger partial charge in [-0.3, -0.25) is 9.59 Å². The Balaban J connectivity index is 2.40. The van der Waals surface area contributed by atoms with Crippen LogP contribution in [0.15, 0.2) is 12.2 Å². The lowest BCUT2D eigenvalue weighted by molar-refractivity contribution is -0.131. The summed E-state index contributed by atoms with van der Waals surface area (Å²) >= 11 is 1.18. The fourth-order valence-corrected chi connectivity index (χ4v) is 1.93. The fourth-order valence-electron chi connectivity index (χ4n) is 0.994. The van der Waals surface area contributed by atoms with Gasteiger partial charge in [-0.25, -0.2) is 4.79 Å². The van der Waals surface area contributed by atoms with Crippen molar-refractivity contribution in [3.8, 4) is 0 Å². The summed E-state index contributed by atoms with van der Waals surface area (Å²) in [5, 5.41) is 10.6. The van der Waals surface area contributed by atoms with E-state index >= 15 is 0 Å². The third-order valence-electron chi connectivity index (χ3n) is 1.63. The molecule has 1 amide bonds. The Bertz CT molecular complexity index is 300. The highest BCUT2D eigenvalue weighted by Crippen LogP contribution is 2.19. The van der Waals surface area contributed by atoms with Gasteiger partial charge in [0, 0.05) is 17.9 Å². The van der Waals surface area contributed by atoms with Gasteiger partial charge in [-0.1, -0.05) is 11.8 Å². The molecule has 76 valence electrons. The normalized spacial score (nSPS) is 21.4. The lowest BCUT2D eigenvalue weighted by atomic mass is 10.2. The summed E-state index contributed by atoms with van der Waals surface area (Å²) in [5.74, 6) is -1.03. The fraction of sp³-hybridized carbons (Fsp3) is 0.375. The van der Waals surface area contributed by atoms with Crippen LogP contribution in [-0.2, 0) is 14.4 Å². The van der Waals surface area contributed by atoms with Crippen LogP contribution in [0.4, 0.5) is 0 Å². The van der Waals surface area contributed by atoms with Crippen molar-refractivity contribution < 1.29 is 19.5 Å². The molecular weight excluding hydrogens is 206 g/mol. The Labute approximate surface area is 84.6 Å². The SMILES string of the molecule is O=C(O)/C=C/C(=O)NC1CCSC1=O. The maximum atomic E-state index is 11.1. The molecule has 0 aromatic heterocycles. The highest BCUT2D eigenvalue weighted by Gasteiger charge is 2.25. The molecule has 0 aromatic rings. The van der Waals surface area contributed by atoms with E-state index in [1.54, 1.807) is 0 Å². The van der Waals surface area contributed by atoms with E-state index in [1.807, 2.05) is 0 Å². The monoisotopic (exact) mass is 215 g/mol. The largest absolute Gasteiger partial charge is 0.478 e. The molecule has 0 aromatic carbocycles. The standard InChI is InChI=1S/C8H9NO4S/c10-6(1-2-7(11)12)9-5-3-4-14-8(5)13/h1-2,5H,3-4H2,(H,9,10)(H,11,12)/b2-1+. The minimum Gasteiger partial charge on any atom is -0.478 e. The Morgan fingerprint density at radius 3 is 2.71 bits per heavy atom. The second-order valence-electron chi connectivity index (χ2n) is 2.69. The molecule has 0 saturated carbocycles. The number of hydrogen-bond acceptors (Lipinski definition) is 4. The van der Waals surface area contributed by atoms with Crippen molar-refractivity contribution in [3.63, 3.8) is 0 Å². The zero-order valence-electron chi connectivity index (χ0n) is 7.23. The Hall–Kier alpha value is -1.30. The molecule has 0 radical (unpaired) electrons. The lowest BCUT2D eigenvalue weighted by Crippen LogP contribution is -2.36. The van der Waals surface area contributed by atoms with E-state index in [0.29, 0.717) is 12.2 Å². The van der Waals surface area contributed by atoms with E-state index < -0.39 is 17.9 Å². The molecule has 0 spiro atoms. The number of carboxylic acid groups (broad SMARTS) is 1. The Morgan fingerprint density at radius 1 is 1.50 bits per heavy atom. The molecule has 1 unspecified atom stereocenters. The number of aliphatic carboxylic acids is 1. The molecule has 1 fully saturated rings. The van der Waals surface area contributed by atoms with E-state index in [4.69, 9.17) is 5.11 Å². The second kappa shape index (κ2) is 4.80. The third-order valence-corrected chi connectivity index (χ3v) is 2.64. The van der Waals surface area contributed by atoms with Crippen molar-refractivity contribution in [2.24, 2.45) is 0 Å². The molecule has 0 aliphatic carbocycles. The first-order chi connectivity index (χ1) is 6.59. The van der Waals surface area contributed by atoms with Gasteiger partial charge < -0.3 is 10.4 Å². The van der Waals surface area contributed by atoms with Crippen molar-refractivity contribution in [3.05, 3.63) is 12.2 Å². The van der Waals surface area contributed by atoms with Gasteiger partial charge in [0.05, 0.1) is 6.04 Å². The summed E-state index contributed by atoms with van der Waals surface area (Å²) < 4.78 is 0. The van der Waals surface area contributed by atoms with Crippen LogP contribution in [0, 0.1) is 0 Å². The smallest absolute Gasteiger partial charge is 0.328 e. The van der Waals surface area contributed by atoms with Crippen LogP contribution >= 0.6 is 11.8 Å². The van der Waals surface area contributed by atoms with Gasteiger partial charge >= 0.3 is 5.97 Å². The minimum atomic E-state index is -1.19. The first kappa shape index (κ1) is 10.8. The molecule has 1 atom stereocenters. The molecule has 0 bridgehead atoms. The highest BCUT2D eigenvalue weighted by molar-refractivity contribution is 8.14. The Kier molecular flexibility index (Phi) is 3.70. The summed E-state index contributed by atoms with van der Waals surface area (Å²) in [6.07, 6.45) is 2.25. The molecule has 5 nitrogen and oxygen atoms in total. The highest BCUT2D eigenvalue weighted by atomic mass is 32.2. The Morgan fingerprint density at radius 2 is 2.21 bits per heavy atom. The number of carboxylic acids is 1. The summed E-state index contributed by atoms with van der Waals surface area (Å²) in [7, 11) is 0. The zero-order valence-corrected chi connectivity index (χ0v) is 8.04. The maximum Gasteiger partial charge on any atom is 0.328 e. The summed E-state index contributed by atoms with van der Waals surface area (Å²) in [5.41, 5.74) is 0. The van der Waals surface area contributed by atoms with E-state index in [9.17, 15) is 14.4 Å². The van der Waals surface area contributed by atoms with Gasteiger partial charge in [0.15, 0.2) is 0 Å². The van der Waals surface area contributed by atoms with Gasteiger partial charge in [0.2, 0.25) is 11.0 Å². The average molecular weight is 215 g/mol. The number of carbonyl (C=O) groups is 3. The minimum absolute atomic E-state index is 0.0675. The molecule has 1 aliphatic rings. The molecule has 14 heavy (non-hydrogen) atoms. The van der Waals surface area contributed by atoms with E-state index in [1.165, 1.54) is 11.8 Å². The molecule has 6 heteroatoms. The van der Waals surface area contributed by atoms with Crippen LogP contribution < -0.4 is 5.32 Å². The van der Waals surface area contributed by atoms with Crippen molar-refractivity contribution >= 4 is 28.8 Å². The predicted octanol–water partition coefficient (Wildman–Crippen LogP) is -0.224. The van der Waals surface area contributed by atoms with Crippen molar-refractivity contribution in [1.82, 2.24) is 5.32 Å². The number of rotatable bonds is 3. The lowest BCUT2D eigenvalue weighted by Gasteiger charge is -2.06. The summed E-state index contributed by atoms with van der Waals surface area (Å²) in [6, 6.07) is -0.467. The number of carbonyl (C=O) groups excluding carboxylic acids is 2. The molecule has 2 N–H and O–H groups in total. The average Bonchev–Trinajstić information content (AvgIpc) is 2.49. The number of hydrogen-bond donors (Lipinski definition) is 2. The van der Waals surface area contributed by atoms with Gasteiger partial charge in [-0.15, -0.1) is 0 Å². The van der Waals surface area contributed by atoms with E-state index in [0.717, 1.165) is 12.2 Å². The first-order valence-corrected chi connectivity index (χ1v) is 4.96. The van der Waals surface area contributed by atoms with E-state index in [2.05, 4.69) is 5.32 Å². The van der Waals surface area contributed by atoms with Crippen LogP contribution in [-0.4, -0.2) is 33.9 Å². The van der Waals surface area contributed by atoms with Crippen LogP contribution in [0.25, 0.3) is 0 Å². The molecule has 1 saturated heterocycles.